The Morgan fingerprint density at radius 1 is 1.12 bits per heavy atom. The van der Waals surface area contributed by atoms with E-state index in [1.165, 1.54) is 43.6 Å². The molecule has 2 aromatic carbocycles. The maximum absolute atomic E-state index is 15.1. The highest BCUT2D eigenvalue weighted by atomic mass is 19.1. The number of aliphatic hydroxyl groups excluding tert-OH is 1. The number of rotatable bonds is 8. The van der Waals surface area contributed by atoms with Crippen LogP contribution in [0.1, 0.15) is 17.3 Å². The number of hydrogen-bond acceptors (Lipinski definition) is 8. The minimum Gasteiger partial charge on any atom is -0.453 e. The molecule has 0 saturated heterocycles. The Labute approximate surface area is 229 Å². The third-order valence-corrected chi connectivity index (χ3v) is 6.07. The second-order valence-corrected chi connectivity index (χ2v) is 9.09. The van der Waals surface area contributed by atoms with Crippen LogP contribution in [0.25, 0.3) is 16.7 Å². The molecule has 0 fully saturated rings. The maximum Gasteiger partial charge on any atom is 0.335 e. The number of H-pyrrole nitrogens is 1. The quantitative estimate of drug-likeness (QED) is 0.225. The number of hydrogen-bond donors (Lipinski definition) is 4. The third kappa shape index (κ3) is 5.40. The zero-order chi connectivity index (χ0) is 29.3. The van der Waals surface area contributed by atoms with Crippen LogP contribution in [0.15, 0.2) is 70.5 Å². The largest absolute Gasteiger partial charge is 0.453 e. The minimum atomic E-state index is -0.931. The van der Waals surface area contributed by atoms with Crippen LogP contribution < -0.4 is 26.6 Å². The van der Waals surface area contributed by atoms with E-state index in [0.29, 0.717) is 16.9 Å². The molecule has 0 bridgehead atoms. The predicted molar refractivity (Wildman–Crippen MR) is 146 cm³/mol. The number of pyridine rings is 1. The molecule has 0 aliphatic heterocycles. The number of aryl methyl sites for hydroxylation is 1. The molecule has 0 aliphatic rings. The second-order valence-electron chi connectivity index (χ2n) is 9.09. The fourth-order valence-corrected chi connectivity index (χ4v) is 4.01. The standard InChI is InChI=1S/C27H23F2N7O5/c1-14(13-37)31-24-22-21(9-10-30-23(22)33-34-24)41-20-8-5-16(11-19(20)29)32-25(38)18-12-35(2)27(40)36(26(18)39)17-6-3-15(28)4-7-17/h3-12,14,37H,13H2,1-2H3,(H,32,38)(H2,30,31,33,34). The lowest BCUT2D eigenvalue weighted by Crippen LogP contribution is -2.41. The van der Waals surface area contributed by atoms with E-state index in [9.17, 15) is 23.9 Å². The van der Waals surface area contributed by atoms with Crippen molar-refractivity contribution in [3.63, 3.8) is 0 Å². The lowest BCUT2D eigenvalue weighted by Gasteiger charge is -2.13. The smallest absolute Gasteiger partial charge is 0.335 e. The molecule has 1 amide bonds. The summed E-state index contributed by atoms with van der Waals surface area (Å²) in [7, 11) is 1.35. The van der Waals surface area contributed by atoms with Crippen LogP contribution in [-0.4, -0.2) is 48.0 Å². The molecule has 4 N–H and O–H groups in total. The van der Waals surface area contributed by atoms with E-state index < -0.39 is 34.4 Å². The van der Waals surface area contributed by atoms with Gasteiger partial charge in [0.1, 0.15) is 22.5 Å². The molecule has 5 rings (SSSR count). The summed E-state index contributed by atoms with van der Waals surface area (Å²) in [6, 6.07) is 9.51. The summed E-state index contributed by atoms with van der Waals surface area (Å²) in [5.74, 6) is -1.85. The summed E-state index contributed by atoms with van der Waals surface area (Å²) < 4.78 is 36.0. The molecule has 0 aliphatic carbocycles. The van der Waals surface area contributed by atoms with E-state index in [1.807, 2.05) is 0 Å². The van der Waals surface area contributed by atoms with Crippen molar-refractivity contribution in [2.75, 3.05) is 17.2 Å². The van der Waals surface area contributed by atoms with Gasteiger partial charge in [-0.1, -0.05) is 0 Å². The molecular formula is C27H23F2N7O5. The van der Waals surface area contributed by atoms with Gasteiger partial charge in [-0.05, 0) is 43.3 Å². The van der Waals surface area contributed by atoms with Crippen molar-refractivity contribution in [2.24, 2.45) is 7.05 Å². The molecular weight excluding hydrogens is 540 g/mol. The van der Waals surface area contributed by atoms with Crippen molar-refractivity contribution in [1.29, 1.82) is 0 Å². The Hall–Kier alpha value is -5.37. The van der Waals surface area contributed by atoms with Gasteiger partial charge < -0.3 is 25.0 Å². The second kappa shape index (κ2) is 11.0. The SMILES string of the molecule is CC(CO)Nc1n[nH]c2nccc(Oc3ccc(NC(=O)c4cn(C)c(=O)n(-c5ccc(F)cc5)c4=O)cc3F)c12. The molecule has 0 saturated carbocycles. The number of halogens is 2. The number of benzene rings is 2. The number of aliphatic hydroxyl groups is 1. The molecule has 12 nitrogen and oxygen atoms in total. The third-order valence-electron chi connectivity index (χ3n) is 6.07. The van der Waals surface area contributed by atoms with Crippen molar-refractivity contribution in [2.45, 2.75) is 13.0 Å². The van der Waals surface area contributed by atoms with Gasteiger partial charge in [-0.3, -0.25) is 14.7 Å². The Morgan fingerprint density at radius 2 is 1.88 bits per heavy atom. The monoisotopic (exact) mass is 563 g/mol. The zero-order valence-corrected chi connectivity index (χ0v) is 21.7. The molecule has 5 aromatic rings. The van der Waals surface area contributed by atoms with Gasteiger partial charge in [-0.25, -0.2) is 23.1 Å². The normalized spacial score (nSPS) is 11.8. The van der Waals surface area contributed by atoms with Crippen LogP contribution in [0.2, 0.25) is 0 Å². The maximum atomic E-state index is 15.1. The topological polar surface area (TPSA) is 156 Å². The number of nitrogens with zero attached hydrogens (tertiary/aromatic N) is 4. The number of carbonyl (C=O) groups excluding carboxylic acids is 1. The number of fused-ring (bicyclic) bond motifs is 1. The summed E-state index contributed by atoms with van der Waals surface area (Å²) >= 11 is 0. The highest BCUT2D eigenvalue weighted by molar-refractivity contribution is 6.04. The van der Waals surface area contributed by atoms with Crippen LogP contribution in [-0.2, 0) is 7.05 Å². The van der Waals surface area contributed by atoms with Gasteiger partial charge in [0, 0.05) is 43.3 Å². The van der Waals surface area contributed by atoms with E-state index in [4.69, 9.17) is 4.74 Å². The Kier molecular flexibility index (Phi) is 7.31. The van der Waals surface area contributed by atoms with Crippen LogP contribution >= 0.6 is 0 Å². The zero-order valence-electron chi connectivity index (χ0n) is 21.7. The van der Waals surface area contributed by atoms with Crippen LogP contribution in [0.3, 0.4) is 0 Å². The first-order valence-corrected chi connectivity index (χ1v) is 12.2. The van der Waals surface area contributed by atoms with Gasteiger partial charge in [0.15, 0.2) is 23.0 Å². The summed E-state index contributed by atoms with van der Waals surface area (Å²) in [5, 5.41) is 22.1. The van der Waals surface area contributed by atoms with Gasteiger partial charge in [0.25, 0.3) is 11.5 Å². The molecule has 14 heteroatoms. The van der Waals surface area contributed by atoms with Gasteiger partial charge in [-0.2, -0.15) is 5.10 Å². The summed E-state index contributed by atoms with van der Waals surface area (Å²) in [6.07, 6.45) is 2.52. The fourth-order valence-electron chi connectivity index (χ4n) is 4.01. The molecule has 1 unspecified atom stereocenters. The lowest BCUT2D eigenvalue weighted by molar-refractivity contribution is 0.102. The number of amides is 1. The van der Waals surface area contributed by atoms with Crippen LogP contribution in [0.5, 0.6) is 11.5 Å². The first-order chi connectivity index (χ1) is 19.7. The first kappa shape index (κ1) is 27.2. The first-order valence-electron chi connectivity index (χ1n) is 12.2. The average molecular weight is 564 g/mol. The Bertz CT molecular complexity index is 1880. The predicted octanol–water partition coefficient (Wildman–Crippen LogP) is 2.92. The van der Waals surface area contributed by atoms with E-state index >= 15 is 4.39 Å². The van der Waals surface area contributed by atoms with Crippen LogP contribution in [0, 0.1) is 11.6 Å². The molecule has 3 aromatic heterocycles. The fraction of sp³-hybridized carbons (Fsp3) is 0.148. The highest BCUT2D eigenvalue weighted by Crippen LogP contribution is 2.34. The van der Waals surface area contributed by atoms with Gasteiger partial charge >= 0.3 is 5.69 Å². The van der Waals surface area contributed by atoms with E-state index in [2.05, 4.69) is 25.8 Å². The van der Waals surface area contributed by atoms with Crippen molar-refractivity contribution < 1.29 is 23.4 Å². The summed E-state index contributed by atoms with van der Waals surface area (Å²) in [5.41, 5.74) is -1.59. The van der Waals surface area contributed by atoms with Crippen molar-refractivity contribution in [1.82, 2.24) is 24.3 Å². The molecule has 0 spiro atoms. The van der Waals surface area contributed by atoms with E-state index in [0.717, 1.165) is 33.5 Å². The average Bonchev–Trinajstić information content (AvgIpc) is 3.36. The Balaban J connectivity index is 1.41. The molecule has 41 heavy (non-hydrogen) atoms. The molecule has 210 valence electrons. The number of ether oxygens (including phenoxy) is 1. The highest BCUT2D eigenvalue weighted by Gasteiger charge is 2.20. The van der Waals surface area contributed by atoms with E-state index in [-0.39, 0.29) is 35.5 Å². The molecule has 1 atom stereocenters. The van der Waals surface area contributed by atoms with Gasteiger partial charge in [0.05, 0.1) is 12.3 Å². The van der Waals surface area contributed by atoms with Gasteiger partial charge in [0.2, 0.25) is 0 Å². The van der Waals surface area contributed by atoms with Crippen molar-refractivity contribution >= 4 is 28.4 Å². The molecule has 0 radical (unpaired) electrons. The molecule has 3 heterocycles. The number of aromatic amines is 1. The van der Waals surface area contributed by atoms with Crippen molar-refractivity contribution in [3.05, 3.63) is 99.0 Å². The van der Waals surface area contributed by atoms with E-state index in [1.54, 1.807) is 6.92 Å². The Morgan fingerprint density at radius 3 is 2.59 bits per heavy atom. The summed E-state index contributed by atoms with van der Waals surface area (Å²) in [4.78, 5) is 42.8. The summed E-state index contributed by atoms with van der Waals surface area (Å²) in [6.45, 7) is 1.60. The number of carbonyl (C=O) groups is 1. The van der Waals surface area contributed by atoms with Gasteiger partial charge in [-0.15, -0.1) is 0 Å². The number of nitrogens with one attached hydrogen (secondary N) is 3. The number of aromatic nitrogens is 5. The number of anilines is 2. The van der Waals surface area contributed by atoms with Crippen LogP contribution in [0.4, 0.5) is 20.3 Å². The lowest BCUT2D eigenvalue weighted by atomic mass is 10.2. The van der Waals surface area contributed by atoms with Crippen molar-refractivity contribution in [3.8, 4) is 17.2 Å². The minimum absolute atomic E-state index is 0.0174.